The molecule has 6 heteroatoms. The number of hydrogen-bond donors (Lipinski definition) is 2. The summed E-state index contributed by atoms with van der Waals surface area (Å²) in [5.74, 6) is -1.33. The summed E-state index contributed by atoms with van der Waals surface area (Å²) >= 11 is 3.10. The van der Waals surface area contributed by atoms with Gasteiger partial charge in [0.25, 0.3) is 5.91 Å². The maximum Gasteiger partial charge on any atom is 0.336 e. The minimum atomic E-state index is -1.03. The van der Waals surface area contributed by atoms with Crippen LogP contribution in [0.4, 0.5) is 5.69 Å². The fourth-order valence-electron chi connectivity index (χ4n) is 1.56. The van der Waals surface area contributed by atoms with Gasteiger partial charge in [-0.25, -0.2) is 4.79 Å². The molecular weight excluding hydrogens is 314 g/mol. The van der Waals surface area contributed by atoms with Crippen LogP contribution in [0.3, 0.4) is 0 Å². The molecule has 19 heavy (non-hydrogen) atoms. The molecule has 0 radical (unpaired) electrons. The summed E-state index contributed by atoms with van der Waals surface area (Å²) in [5.41, 5.74) is 1.19. The third-order valence-corrected chi connectivity index (χ3v) is 2.95. The van der Waals surface area contributed by atoms with Crippen molar-refractivity contribution in [2.24, 2.45) is 0 Å². The van der Waals surface area contributed by atoms with Crippen molar-refractivity contribution >= 4 is 33.5 Å². The van der Waals surface area contributed by atoms with Crippen molar-refractivity contribution in [3.8, 4) is 0 Å². The van der Waals surface area contributed by atoms with Crippen molar-refractivity contribution in [2.75, 3.05) is 5.32 Å². The second-order valence-electron chi connectivity index (χ2n) is 3.89. The number of furan rings is 1. The van der Waals surface area contributed by atoms with E-state index in [0.717, 1.165) is 0 Å². The molecule has 1 aromatic carbocycles. The first-order valence-corrected chi connectivity index (χ1v) is 6.17. The van der Waals surface area contributed by atoms with Crippen LogP contribution in [0.5, 0.6) is 0 Å². The van der Waals surface area contributed by atoms with Gasteiger partial charge in [-0.1, -0.05) is 6.07 Å². The summed E-state index contributed by atoms with van der Waals surface area (Å²) in [6.07, 6.45) is 0. The molecule has 0 aliphatic carbocycles. The Morgan fingerprint density at radius 1 is 1.26 bits per heavy atom. The second-order valence-corrected chi connectivity index (χ2v) is 4.67. The van der Waals surface area contributed by atoms with Crippen molar-refractivity contribution in [3.63, 3.8) is 0 Å². The Kier molecular flexibility index (Phi) is 3.71. The summed E-state index contributed by atoms with van der Waals surface area (Å²) in [6.45, 7) is 1.69. The van der Waals surface area contributed by atoms with Crippen molar-refractivity contribution in [2.45, 2.75) is 6.92 Å². The molecule has 2 aromatic rings. The topological polar surface area (TPSA) is 79.5 Å². The summed E-state index contributed by atoms with van der Waals surface area (Å²) in [5, 5.41) is 11.6. The van der Waals surface area contributed by atoms with E-state index in [0.29, 0.717) is 15.9 Å². The molecule has 1 aromatic heterocycles. The van der Waals surface area contributed by atoms with Crippen LogP contribution in [-0.2, 0) is 0 Å². The molecule has 0 saturated carbocycles. The van der Waals surface area contributed by atoms with Crippen molar-refractivity contribution in [3.05, 3.63) is 51.9 Å². The van der Waals surface area contributed by atoms with E-state index >= 15 is 0 Å². The van der Waals surface area contributed by atoms with Crippen LogP contribution in [0.25, 0.3) is 0 Å². The lowest BCUT2D eigenvalue weighted by atomic mass is 10.1. The van der Waals surface area contributed by atoms with Gasteiger partial charge >= 0.3 is 5.97 Å². The molecule has 5 nitrogen and oxygen atoms in total. The summed E-state index contributed by atoms with van der Waals surface area (Å²) in [7, 11) is 0. The smallest absolute Gasteiger partial charge is 0.336 e. The van der Waals surface area contributed by atoms with Crippen LogP contribution in [0.15, 0.2) is 39.4 Å². The molecule has 0 fully saturated rings. The van der Waals surface area contributed by atoms with E-state index in [4.69, 9.17) is 9.52 Å². The zero-order chi connectivity index (χ0) is 14.0. The third kappa shape index (κ3) is 3.03. The Bertz CT molecular complexity index is 648. The van der Waals surface area contributed by atoms with Crippen molar-refractivity contribution in [1.82, 2.24) is 0 Å². The van der Waals surface area contributed by atoms with E-state index in [9.17, 15) is 9.59 Å². The third-order valence-electron chi connectivity index (χ3n) is 2.52. The Morgan fingerprint density at radius 3 is 2.58 bits per heavy atom. The first-order valence-electron chi connectivity index (χ1n) is 5.38. The molecule has 0 saturated heterocycles. The normalized spacial score (nSPS) is 10.2. The van der Waals surface area contributed by atoms with Crippen LogP contribution in [0, 0.1) is 6.92 Å². The highest BCUT2D eigenvalue weighted by Crippen LogP contribution is 2.18. The van der Waals surface area contributed by atoms with Gasteiger partial charge in [-0.05, 0) is 52.7 Å². The molecule has 0 atom stereocenters. The number of aromatic carboxylic acids is 1. The average molecular weight is 324 g/mol. The second kappa shape index (κ2) is 5.27. The first kappa shape index (κ1) is 13.4. The summed E-state index contributed by atoms with van der Waals surface area (Å²) < 4.78 is 5.56. The van der Waals surface area contributed by atoms with E-state index in [2.05, 4.69) is 21.2 Å². The molecule has 0 aliphatic heterocycles. The number of aryl methyl sites for hydroxylation is 1. The number of nitrogens with one attached hydrogen (secondary N) is 1. The van der Waals surface area contributed by atoms with Crippen LogP contribution in [-0.4, -0.2) is 17.0 Å². The molecular formula is C13H10BrNO4. The van der Waals surface area contributed by atoms with E-state index in [1.54, 1.807) is 25.1 Å². The molecule has 0 aliphatic rings. The molecule has 0 spiro atoms. The zero-order valence-electron chi connectivity index (χ0n) is 9.94. The minimum absolute atomic E-state index is 0.143. The first-order chi connectivity index (χ1) is 8.97. The Morgan fingerprint density at radius 2 is 2.00 bits per heavy atom. The van der Waals surface area contributed by atoms with Crippen molar-refractivity contribution < 1.29 is 19.1 Å². The van der Waals surface area contributed by atoms with Gasteiger partial charge < -0.3 is 14.8 Å². The van der Waals surface area contributed by atoms with Gasteiger partial charge in [-0.15, -0.1) is 0 Å². The summed E-state index contributed by atoms with van der Waals surface area (Å²) in [6, 6.07) is 7.81. The SMILES string of the molecule is Cc1ccc(NC(=O)c2ccc(Br)o2)cc1C(=O)O. The summed E-state index contributed by atoms with van der Waals surface area (Å²) in [4.78, 5) is 22.8. The molecule has 2 N–H and O–H groups in total. The number of halogens is 1. The predicted octanol–water partition coefficient (Wildman–Crippen LogP) is 3.30. The Hall–Kier alpha value is -2.08. The highest BCUT2D eigenvalue weighted by molar-refractivity contribution is 9.10. The lowest BCUT2D eigenvalue weighted by molar-refractivity contribution is 0.0695. The predicted molar refractivity (Wildman–Crippen MR) is 72.5 cm³/mol. The van der Waals surface area contributed by atoms with Gasteiger partial charge in [-0.2, -0.15) is 0 Å². The number of carboxylic acids is 1. The van der Waals surface area contributed by atoms with Gasteiger partial charge in [0, 0.05) is 5.69 Å². The number of anilines is 1. The van der Waals surface area contributed by atoms with Gasteiger partial charge in [0.15, 0.2) is 10.4 Å². The highest BCUT2D eigenvalue weighted by atomic mass is 79.9. The minimum Gasteiger partial charge on any atom is -0.478 e. The fourth-order valence-corrected chi connectivity index (χ4v) is 1.87. The van der Waals surface area contributed by atoms with E-state index in [-0.39, 0.29) is 11.3 Å². The average Bonchev–Trinajstić information content (AvgIpc) is 2.78. The number of hydrogen-bond acceptors (Lipinski definition) is 3. The lowest BCUT2D eigenvalue weighted by Gasteiger charge is -2.06. The van der Waals surface area contributed by atoms with E-state index in [1.807, 2.05) is 0 Å². The maximum absolute atomic E-state index is 11.8. The molecule has 0 unspecified atom stereocenters. The van der Waals surface area contributed by atoms with Crippen LogP contribution >= 0.6 is 15.9 Å². The van der Waals surface area contributed by atoms with Gasteiger partial charge in [0.2, 0.25) is 0 Å². The van der Waals surface area contributed by atoms with Crippen molar-refractivity contribution in [1.29, 1.82) is 0 Å². The van der Waals surface area contributed by atoms with Crippen LogP contribution in [0.2, 0.25) is 0 Å². The quantitative estimate of drug-likeness (QED) is 0.908. The fraction of sp³-hybridized carbons (Fsp3) is 0.0769. The maximum atomic E-state index is 11.8. The molecule has 1 amide bonds. The monoisotopic (exact) mass is 323 g/mol. The molecule has 1 heterocycles. The zero-order valence-corrected chi connectivity index (χ0v) is 11.5. The number of rotatable bonds is 3. The van der Waals surface area contributed by atoms with Gasteiger partial charge in [-0.3, -0.25) is 4.79 Å². The van der Waals surface area contributed by atoms with Gasteiger partial charge in [0.1, 0.15) is 0 Å². The standard InChI is InChI=1S/C13H10BrNO4/c1-7-2-3-8(6-9(7)13(17)18)15-12(16)10-4-5-11(14)19-10/h2-6H,1H3,(H,15,16)(H,17,18). The van der Waals surface area contributed by atoms with Crippen LogP contribution in [0.1, 0.15) is 26.5 Å². The molecule has 0 bridgehead atoms. The molecule has 2 rings (SSSR count). The van der Waals surface area contributed by atoms with E-state index in [1.165, 1.54) is 12.1 Å². The number of carboxylic acid groups (broad SMARTS) is 1. The number of carbonyl (C=O) groups excluding carboxylic acids is 1. The number of carbonyl (C=O) groups is 2. The van der Waals surface area contributed by atoms with Crippen LogP contribution < -0.4 is 5.32 Å². The Balaban J connectivity index is 2.22. The lowest BCUT2D eigenvalue weighted by Crippen LogP contribution is -2.11. The Labute approximate surface area is 117 Å². The van der Waals surface area contributed by atoms with E-state index < -0.39 is 11.9 Å². The highest BCUT2D eigenvalue weighted by Gasteiger charge is 2.13. The number of benzene rings is 1. The van der Waals surface area contributed by atoms with Gasteiger partial charge in [0.05, 0.1) is 5.56 Å². The number of amides is 1. The largest absolute Gasteiger partial charge is 0.478 e. The molecule has 98 valence electrons.